The Morgan fingerprint density at radius 2 is 1.78 bits per heavy atom. The standard InChI is InChI=1S/C32H47N2O2/c1-6-34(7-2,8-3)22-30(35)36-25-15-17-31(4)24(20-25)11-12-26-28-14-13-27(23-10-9-19-33-21-23)32(28,5)18-16-29(26)31/h9-11,13,19,21,25-26,28-29H,6-8,12,14-18,20,22H2,1-5H3/q+1. The second-order valence-electron chi connectivity index (χ2n) is 12.6. The van der Waals surface area contributed by atoms with E-state index in [2.05, 4.69) is 70.1 Å². The predicted molar refractivity (Wildman–Crippen MR) is 146 cm³/mol. The van der Waals surface area contributed by atoms with Gasteiger partial charge in [0.05, 0.1) is 19.6 Å². The predicted octanol–water partition coefficient (Wildman–Crippen LogP) is 6.83. The molecular weight excluding hydrogens is 444 g/mol. The van der Waals surface area contributed by atoms with Gasteiger partial charge in [-0.3, -0.25) is 4.98 Å². The zero-order chi connectivity index (χ0) is 25.6. The lowest BCUT2D eigenvalue weighted by Crippen LogP contribution is -2.52. The van der Waals surface area contributed by atoms with Crippen molar-refractivity contribution in [3.8, 4) is 0 Å². The van der Waals surface area contributed by atoms with Crippen molar-refractivity contribution >= 4 is 11.5 Å². The number of allylic oxidation sites excluding steroid dienone is 3. The fourth-order valence-electron chi connectivity index (χ4n) is 8.77. The average Bonchev–Trinajstić information content (AvgIpc) is 3.25. The molecule has 6 unspecified atom stereocenters. The maximum absolute atomic E-state index is 12.9. The summed E-state index contributed by atoms with van der Waals surface area (Å²) in [6.45, 7) is 15.1. The molecule has 0 spiro atoms. The highest BCUT2D eigenvalue weighted by Gasteiger charge is 2.57. The highest BCUT2D eigenvalue weighted by atomic mass is 16.5. The Morgan fingerprint density at radius 1 is 1.03 bits per heavy atom. The number of fused-ring (bicyclic) bond motifs is 5. The van der Waals surface area contributed by atoms with Crippen molar-refractivity contribution in [2.75, 3.05) is 26.2 Å². The summed E-state index contributed by atoms with van der Waals surface area (Å²) >= 11 is 0. The van der Waals surface area contributed by atoms with E-state index in [1.54, 1.807) is 5.57 Å². The molecule has 0 aromatic carbocycles. The van der Waals surface area contributed by atoms with Gasteiger partial charge in [-0.15, -0.1) is 0 Å². The van der Waals surface area contributed by atoms with E-state index in [4.69, 9.17) is 4.74 Å². The highest BCUT2D eigenvalue weighted by molar-refractivity contribution is 5.72. The summed E-state index contributed by atoms with van der Waals surface area (Å²) in [6.07, 6.45) is 17.2. The first-order valence-electron chi connectivity index (χ1n) is 14.6. The Hall–Kier alpha value is -1.94. The molecule has 196 valence electrons. The van der Waals surface area contributed by atoms with E-state index in [0.717, 1.165) is 61.1 Å². The minimum Gasteiger partial charge on any atom is -0.458 e. The van der Waals surface area contributed by atoms with Gasteiger partial charge in [0.25, 0.3) is 0 Å². The van der Waals surface area contributed by atoms with Crippen LogP contribution in [0.3, 0.4) is 0 Å². The number of rotatable bonds is 7. The molecule has 1 aromatic rings. The fraction of sp³-hybridized carbons (Fsp3) is 0.688. The van der Waals surface area contributed by atoms with Gasteiger partial charge in [0.1, 0.15) is 6.10 Å². The van der Waals surface area contributed by atoms with Crippen molar-refractivity contribution in [1.82, 2.24) is 4.98 Å². The lowest BCUT2D eigenvalue weighted by atomic mass is 9.47. The molecule has 0 radical (unpaired) electrons. The molecule has 1 heterocycles. The molecule has 2 fully saturated rings. The molecule has 6 atom stereocenters. The molecule has 0 amide bonds. The fourth-order valence-corrected chi connectivity index (χ4v) is 8.77. The molecule has 4 aliphatic rings. The van der Waals surface area contributed by atoms with Gasteiger partial charge >= 0.3 is 5.97 Å². The number of quaternary nitrogens is 1. The third-order valence-electron chi connectivity index (χ3n) is 11.4. The van der Waals surface area contributed by atoms with Crippen molar-refractivity contribution in [3.05, 3.63) is 47.8 Å². The Bertz CT molecular complexity index is 1020. The van der Waals surface area contributed by atoms with Crippen LogP contribution in [0.15, 0.2) is 42.3 Å². The zero-order valence-electron chi connectivity index (χ0n) is 23.3. The number of likely N-dealkylation sites (N-methyl/N-ethyl adjacent to an activating group) is 1. The molecule has 0 saturated heterocycles. The average molecular weight is 492 g/mol. The number of esters is 1. The maximum Gasteiger partial charge on any atom is 0.362 e. The number of carbonyl (C=O) groups is 1. The number of carbonyl (C=O) groups excluding carboxylic acids is 1. The molecule has 4 nitrogen and oxygen atoms in total. The lowest BCUT2D eigenvalue weighted by molar-refractivity contribution is -0.916. The van der Waals surface area contributed by atoms with E-state index in [-0.39, 0.29) is 22.9 Å². The van der Waals surface area contributed by atoms with Crippen LogP contribution in [0.25, 0.3) is 5.57 Å². The van der Waals surface area contributed by atoms with Crippen LogP contribution in [0.2, 0.25) is 0 Å². The van der Waals surface area contributed by atoms with Crippen LogP contribution < -0.4 is 0 Å². The largest absolute Gasteiger partial charge is 0.458 e. The van der Waals surface area contributed by atoms with Crippen molar-refractivity contribution < 1.29 is 14.0 Å². The van der Waals surface area contributed by atoms with Crippen molar-refractivity contribution in [2.24, 2.45) is 28.6 Å². The minimum atomic E-state index is -0.00293. The van der Waals surface area contributed by atoms with Crippen LogP contribution in [0.4, 0.5) is 0 Å². The number of aromatic nitrogens is 1. The van der Waals surface area contributed by atoms with E-state index >= 15 is 0 Å². The molecule has 36 heavy (non-hydrogen) atoms. The Balaban J connectivity index is 1.28. The third-order valence-corrected chi connectivity index (χ3v) is 11.4. The van der Waals surface area contributed by atoms with E-state index in [1.165, 1.54) is 36.8 Å². The molecule has 4 heteroatoms. The first-order chi connectivity index (χ1) is 17.3. The summed E-state index contributed by atoms with van der Waals surface area (Å²) < 4.78 is 6.95. The van der Waals surface area contributed by atoms with Gasteiger partial charge in [-0.05, 0) is 105 Å². The van der Waals surface area contributed by atoms with E-state index < -0.39 is 0 Å². The molecule has 1 aromatic heterocycles. The van der Waals surface area contributed by atoms with Crippen LogP contribution in [-0.2, 0) is 9.53 Å². The molecule has 5 rings (SSSR count). The summed E-state index contributed by atoms with van der Waals surface area (Å²) in [4.78, 5) is 17.3. The molecule has 2 saturated carbocycles. The number of pyridine rings is 1. The van der Waals surface area contributed by atoms with Crippen LogP contribution in [0.1, 0.15) is 85.1 Å². The monoisotopic (exact) mass is 491 g/mol. The first-order valence-corrected chi connectivity index (χ1v) is 14.6. The molecule has 0 N–H and O–H groups in total. The lowest BCUT2D eigenvalue weighted by Gasteiger charge is -2.57. The van der Waals surface area contributed by atoms with E-state index in [1.807, 2.05) is 6.20 Å². The summed E-state index contributed by atoms with van der Waals surface area (Å²) in [5.74, 6) is 2.22. The van der Waals surface area contributed by atoms with Gasteiger partial charge in [0, 0.05) is 18.8 Å². The number of ether oxygens (including phenoxy) is 1. The second kappa shape index (κ2) is 9.74. The second-order valence-corrected chi connectivity index (χ2v) is 12.6. The SMILES string of the molecule is CC[N+](CC)(CC)CC(=O)OC1CCC2(C)C(=CCC3C2CCC2(C)C(c4cccnc4)=CCC32)C1. The van der Waals surface area contributed by atoms with Crippen molar-refractivity contribution in [1.29, 1.82) is 0 Å². The first kappa shape index (κ1) is 25.7. The van der Waals surface area contributed by atoms with Gasteiger partial charge in [-0.25, -0.2) is 4.79 Å². The van der Waals surface area contributed by atoms with Gasteiger partial charge in [0.2, 0.25) is 0 Å². The van der Waals surface area contributed by atoms with Crippen LogP contribution in [0.5, 0.6) is 0 Å². The highest BCUT2D eigenvalue weighted by Crippen LogP contribution is 2.66. The van der Waals surface area contributed by atoms with Gasteiger partial charge in [-0.1, -0.05) is 37.6 Å². The molecule has 0 aliphatic heterocycles. The zero-order valence-corrected chi connectivity index (χ0v) is 23.3. The molecule has 0 bridgehead atoms. The van der Waals surface area contributed by atoms with E-state index in [9.17, 15) is 4.79 Å². The quantitative estimate of drug-likeness (QED) is 0.238. The Labute approximate surface area is 218 Å². The summed E-state index contributed by atoms with van der Waals surface area (Å²) in [6, 6.07) is 4.32. The summed E-state index contributed by atoms with van der Waals surface area (Å²) in [7, 11) is 0. The normalized spacial score (nSPS) is 35.7. The van der Waals surface area contributed by atoms with Crippen molar-refractivity contribution in [3.63, 3.8) is 0 Å². The number of hydrogen-bond acceptors (Lipinski definition) is 3. The van der Waals surface area contributed by atoms with Gasteiger partial charge < -0.3 is 9.22 Å². The van der Waals surface area contributed by atoms with E-state index in [0.29, 0.717) is 6.54 Å². The number of nitrogens with zero attached hydrogens (tertiary/aromatic N) is 2. The smallest absolute Gasteiger partial charge is 0.362 e. The summed E-state index contributed by atoms with van der Waals surface area (Å²) in [5, 5.41) is 0. The topological polar surface area (TPSA) is 39.2 Å². The van der Waals surface area contributed by atoms with Gasteiger partial charge in [-0.2, -0.15) is 0 Å². The Morgan fingerprint density at radius 3 is 2.47 bits per heavy atom. The van der Waals surface area contributed by atoms with Gasteiger partial charge in [0.15, 0.2) is 6.54 Å². The Kier molecular flexibility index (Phi) is 6.95. The van der Waals surface area contributed by atoms with Crippen molar-refractivity contribution in [2.45, 2.75) is 85.7 Å². The third kappa shape index (κ3) is 4.18. The minimum absolute atomic E-state index is 0.00293. The maximum atomic E-state index is 12.9. The summed E-state index contributed by atoms with van der Waals surface area (Å²) in [5.41, 5.74) is 4.97. The van der Waals surface area contributed by atoms with Crippen LogP contribution in [-0.4, -0.2) is 47.7 Å². The molecular formula is C32H47N2O2+. The van der Waals surface area contributed by atoms with Crippen LogP contribution in [0, 0.1) is 28.6 Å². The van der Waals surface area contributed by atoms with Crippen LogP contribution >= 0.6 is 0 Å². The molecule has 4 aliphatic carbocycles. The number of hydrogen-bond donors (Lipinski definition) is 0.